The fourth-order valence-corrected chi connectivity index (χ4v) is 3.97. The average Bonchev–Trinajstić information content (AvgIpc) is 2.78. The fourth-order valence-electron chi connectivity index (χ4n) is 3.97. The third-order valence-corrected chi connectivity index (χ3v) is 5.64. The van der Waals surface area contributed by atoms with Crippen LogP contribution < -0.4 is 10.1 Å². The number of aromatic nitrogens is 2. The second-order valence-corrected chi connectivity index (χ2v) is 7.66. The molecule has 3 heterocycles. The topological polar surface area (TPSA) is 67.3 Å². The average molecular weight is 398 g/mol. The Kier molecular flexibility index (Phi) is 6.04. The van der Waals surface area contributed by atoms with Crippen molar-refractivity contribution < 1.29 is 13.9 Å². The van der Waals surface area contributed by atoms with Gasteiger partial charge in [-0.1, -0.05) is 25.5 Å². The Bertz CT molecular complexity index is 870. The van der Waals surface area contributed by atoms with E-state index >= 15 is 0 Å². The molecule has 2 aliphatic rings. The first-order chi connectivity index (χ1) is 14.2. The summed E-state index contributed by atoms with van der Waals surface area (Å²) < 4.78 is 19.6. The van der Waals surface area contributed by atoms with Crippen molar-refractivity contribution in [3.63, 3.8) is 0 Å². The van der Waals surface area contributed by atoms with Crippen LogP contribution in [0.2, 0.25) is 0 Å². The van der Waals surface area contributed by atoms with E-state index in [0.29, 0.717) is 25.9 Å². The first-order valence-electron chi connectivity index (χ1n) is 10.4. The molecule has 0 unspecified atom stereocenters. The molecule has 0 spiro atoms. The number of hydrogen-bond donors (Lipinski definition) is 1. The molecule has 1 amide bonds. The quantitative estimate of drug-likeness (QED) is 0.838. The lowest BCUT2D eigenvalue weighted by atomic mass is 10.0. The summed E-state index contributed by atoms with van der Waals surface area (Å²) in [6.45, 7) is 3.92. The Morgan fingerprint density at radius 1 is 1.38 bits per heavy atom. The number of halogens is 1. The van der Waals surface area contributed by atoms with E-state index in [1.54, 1.807) is 23.1 Å². The number of fused-ring (bicyclic) bond motifs is 1. The minimum atomic E-state index is -0.708. The van der Waals surface area contributed by atoms with E-state index in [-0.39, 0.29) is 17.7 Å². The van der Waals surface area contributed by atoms with Gasteiger partial charge in [0.1, 0.15) is 5.82 Å². The zero-order valence-electron chi connectivity index (χ0n) is 16.7. The van der Waals surface area contributed by atoms with Crippen molar-refractivity contribution >= 4 is 5.91 Å². The third-order valence-electron chi connectivity index (χ3n) is 5.64. The first kappa shape index (κ1) is 19.8. The molecule has 4 rings (SSSR count). The van der Waals surface area contributed by atoms with Gasteiger partial charge in [0, 0.05) is 31.3 Å². The number of carbonyl (C=O) groups is 1. The van der Waals surface area contributed by atoms with Crippen molar-refractivity contribution in [1.82, 2.24) is 20.2 Å². The molecule has 0 aliphatic carbocycles. The van der Waals surface area contributed by atoms with Crippen molar-refractivity contribution in [2.24, 2.45) is 0 Å². The van der Waals surface area contributed by atoms with Gasteiger partial charge in [0.05, 0.1) is 11.7 Å². The highest BCUT2D eigenvalue weighted by Crippen LogP contribution is 2.24. The number of amides is 1. The largest absolute Gasteiger partial charge is 0.478 e. The van der Waals surface area contributed by atoms with Crippen LogP contribution in [0.5, 0.6) is 5.75 Å². The van der Waals surface area contributed by atoms with E-state index in [0.717, 1.165) is 30.0 Å². The molecule has 2 aliphatic heterocycles. The monoisotopic (exact) mass is 398 g/mol. The van der Waals surface area contributed by atoms with Crippen LogP contribution in [-0.4, -0.2) is 40.0 Å². The van der Waals surface area contributed by atoms with E-state index in [4.69, 9.17) is 9.72 Å². The van der Waals surface area contributed by atoms with Gasteiger partial charge < -0.3 is 15.0 Å². The highest BCUT2D eigenvalue weighted by atomic mass is 19.1. The van der Waals surface area contributed by atoms with Crippen LogP contribution in [0.3, 0.4) is 0 Å². The molecule has 154 valence electrons. The summed E-state index contributed by atoms with van der Waals surface area (Å²) in [6.07, 6.45) is 5.77. The van der Waals surface area contributed by atoms with Crippen LogP contribution in [0, 0.1) is 5.82 Å². The number of hydrogen-bond acceptors (Lipinski definition) is 5. The lowest BCUT2D eigenvalue weighted by Gasteiger charge is -2.31. The van der Waals surface area contributed by atoms with Gasteiger partial charge in [-0.15, -0.1) is 0 Å². The standard InChI is InChI=1S/C22H27FN4O2/c1-2-19(29-20-9-4-3-7-16(20)23)22(28)27-12-10-17-15(14-27)13-25-21(26-17)18-8-5-6-11-24-18/h3-4,7,9,13,18-19,24H,2,5-6,8,10-12,14H2,1H3/t18-,19+/m0/s1. The van der Waals surface area contributed by atoms with E-state index in [1.807, 2.05) is 13.1 Å². The minimum Gasteiger partial charge on any atom is -0.478 e. The van der Waals surface area contributed by atoms with E-state index in [2.05, 4.69) is 10.3 Å². The van der Waals surface area contributed by atoms with Crippen molar-refractivity contribution in [2.75, 3.05) is 13.1 Å². The van der Waals surface area contributed by atoms with Gasteiger partial charge in [-0.2, -0.15) is 0 Å². The van der Waals surface area contributed by atoms with Crippen LogP contribution in [0.15, 0.2) is 30.5 Å². The first-order valence-corrected chi connectivity index (χ1v) is 10.4. The number of piperidine rings is 1. The molecule has 2 atom stereocenters. The minimum absolute atomic E-state index is 0.109. The molecule has 6 nitrogen and oxygen atoms in total. The van der Waals surface area contributed by atoms with Gasteiger partial charge in [-0.3, -0.25) is 4.79 Å². The number of para-hydroxylation sites is 1. The van der Waals surface area contributed by atoms with Crippen LogP contribution in [0.4, 0.5) is 4.39 Å². The van der Waals surface area contributed by atoms with E-state index in [1.165, 1.54) is 18.9 Å². The lowest BCUT2D eigenvalue weighted by Crippen LogP contribution is -2.44. The summed E-state index contributed by atoms with van der Waals surface area (Å²) in [5.74, 6) is 0.384. The Labute approximate surface area is 170 Å². The molecule has 7 heteroatoms. The van der Waals surface area contributed by atoms with E-state index in [9.17, 15) is 9.18 Å². The summed E-state index contributed by atoms with van der Waals surface area (Å²) >= 11 is 0. The summed E-state index contributed by atoms with van der Waals surface area (Å²) in [6, 6.07) is 6.41. The highest BCUT2D eigenvalue weighted by Gasteiger charge is 2.29. The van der Waals surface area contributed by atoms with Crippen LogP contribution in [0.25, 0.3) is 0 Å². The highest BCUT2D eigenvalue weighted by molar-refractivity contribution is 5.81. The van der Waals surface area contributed by atoms with Crippen molar-refractivity contribution in [3.8, 4) is 5.75 Å². The van der Waals surface area contributed by atoms with Crippen molar-refractivity contribution in [1.29, 1.82) is 0 Å². The fraction of sp³-hybridized carbons (Fsp3) is 0.500. The van der Waals surface area contributed by atoms with Crippen LogP contribution >= 0.6 is 0 Å². The SMILES string of the molecule is CC[C@@H](Oc1ccccc1F)C(=O)N1CCc2nc([C@@H]3CCCCN3)ncc2C1. The molecule has 0 saturated carbocycles. The number of nitrogens with one attached hydrogen (secondary N) is 1. The van der Waals surface area contributed by atoms with Crippen molar-refractivity contribution in [3.05, 3.63) is 53.4 Å². The maximum absolute atomic E-state index is 13.9. The van der Waals surface area contributed by atoms with Gasteiger partial charge in [0.2, 0.25) is 0 Å². The molecule has 1 fully saturated rings. The molecule has 1 aromatic heterocycles. The maximum Gasteiger partial charge on any atom is 0.263 e. The third kappa shape index (κ3) is 4.40. The van der Waals surface area contributed by atoms with Gasteiger partial charge in [-0.05, 0) is 37.9 Å². The smallest absolute Gasteiger partial charge is 0.263 e. The Hall–Kier alpha value is -2.54. The molecule has 1 N–H and O–H groups in total. The van der Waals surface area contributed by atoms with Gasteiger partial charge in [-0.25, -0.2) is 14.4 Å². The molecular weight excluding hydrogens is 371 g/mol. The summed E-state index contributed by atoms with van der Waals surface area (Å²) in [4.78, 5) is 24.1. The number of benzene rings is 1. The number of rotatable bonds is 5. The van der Waals surface area contributed by atoms with Gasteiger partial charge in [0.15, 0.2) is 17.7 Å². The predicted octanol–water partition coefficient (Wildman–Crippen LogP) is 3.17. The maximum atomic E-state index is 13.9. The second kappa shape index (κ2) is 8.86. The Morgan fingerprint density at radius 3 is 3.00 bits per heavy atom. The molecular formula is C22H27FN4O2. The lowest BCUT2D eigenvalue weighted by molar-refractivity contribution is -0.140. The van der Waals surface area contributed by atoms with Crippen LogP contribution in [0.1, 0.15) is 55.7 Å². The summed E-state index contributed by atoms with van der Waals surface area (Å²) in [5.41, 5.74) is 2.00. The van der Waals surface area contributed by atoms with Gasteiger partial charge >= 0.3 is 0 Å². The number of ether oxygens (including phenoxy) is 1. The zero-order valence-corrected chi connectivity index (χ0v) is 16.7. The Morgan fingerprint density at radius 2 is 2.24 bits per heavy atom. The number of carbonyl (C=O) groups excluding carboxylic acids is 1. The second-order valence-electron chi connectivity index (χ2n) is 7.66. The molecule has 1 aromatic carbocycles. The van der Waals surface area contributed by atoms with Crippen LogP contribution in [-0.2, 0) is 17.8 Å². The molecule has 0 radical (unpaired) electrons. The van der Waals surface area contributed by atoms with Crippen molar-refractivity contribution in [2.45, 2.75) is 57.7 Å². The van der Waals surface area contributed by atoms with Gasteiger partial charge in [0.25, 0.3) is 5.91 Å². The Balaban J connectivity index is 1.44. The van der Waals surface area contributed by atoms with E-state index < -0.39 is 11.9 Å². The molecule has 2 aromatic rings. The zero-order chi connectivity index (χ0) is 20.2. The number of nitrogens with zero attached hydrogens (tertiary/aromatic N) is 3. The summed E-state index contributed by atoms with van der Waals surface area (Å²) in [5, 5.41) is 3.48. The predicted molar refractivity (Wildman–Crippen MR) is 107 cm³/mol. The summed E-state index contributed by atoms with van der Waals surface area (Å²) in [7, 11) is 0. The molecule has 1 saturated heterocycles. The normalized spacial score (nSPS) is 20.1. The molecule has 0 bridgehead atoms. The molecule has 29 heavy (non-hydrogen) atoms.